The second-order valence-electron chi connectivity index (χ2n) is 1.76. The lowest BCUT2D eigenvalue weighted by molar-refractivity contribution is 0.0650. The molecule has 0 aromatic rings. The maximum absolute atomic E-state index is 9.38. The highest BCUT2D eigenvalue weighted by atomic mass is 16.7. The molecule has 0 aromatic heterocycles. The second kappa shape index (κ2) is 13.7. The van der Waals surface area contributed by atoms with Gasteiger partial charge in [-0.3, -0.25) is 0 Å². The summed E-state index contributed by atoms with van der Waals surface area (Å²) < 4.78 is 8.59. The maximum atomic E-state index is 9.38. The first-order chi connectivity index (χ1) is 6.18. The van der Waals surface area contributed by atoms with Gasteiger partial charge in [0.05, 0.1) is 33.0 Å². The molecule has 0 amide bonds. The number of ether oxygens (including phenoxy) is 2. The van der Waals surface area contributed by atoms with Crippen molar-refractivity contribution < 1.29 is 29.6 Å². The van der Waals surface area contributed by atoms with E-state index in [2.05, 4.69) is 9.47 Å². The lowest BCUT2D eigenvalue weighted by Gasteiger charge is -1.94. The predicted molar refractivity (Wildman–Crippen MR) is 44.6 cm³/mol. The predicted octanol–water partition coefficient (Wildman–Crippen LogP) is -0.311. The van der Waals surface area contributed by atoms with Crippen LogP contribution >= 0.6 is 0 Å². The van der Waals surface area contributed by atoms with E-state index in [9.17, 15) is 4.79 Å². The summed E-state index contributed by atoms with van der Waals surface area (Å²) in [4.78, 5) is 9.38. The van der Waals surface area contributed by atoms with Gasteiger partial charge in [-0.2, -0.15) is 0 Å². The lowest BCUT2D eigenvalue weighted by Crippen LogP contribution is -2.03. The molecule has 0 saturated carbocycles. The molecule has 0 spiro atoms. The highest BCUT2D eigenvalue weighted by molar-refractivity contribution is 5.56. The van der Waals surface area contributed by atoms with Gasteiger partial charge in [-0.25, -0.2) is 4.79 Å². The van der Waals surface area contributed by atoms with Crippen molar-refractivity contribution in [1.82, 2.24) is 0 Å². The maximum Gasteiger partial charge on any atom is 0.505 e. The molecule has 6 heteroatoms. The van der Waals surface area contributed by atoms with E-state index < -0.39 is 6.16 Å². The fraction of sp³-hybridized carbons (Fsp3) is 0.857. The Bertz CT molecular complexity index is 101. The number of hydrogen-bond acceptors (Lipinski definition) is 5. The minimum atomic E-state index is -1.21. The minimum absolute atomic E-state index is 0.0278. The summed E-state index contributed by atoms with van der Waals surface area (Å²) in [5.41, 5.74) is 0. The monoisotopic (exact) mass is 196 g/mol. The zero-order chi connectivity index (χ0) is 10.5. The standard InChI is InChI=1S/C4H10O3.C3H6O3/c5-1-3-7-4-2-6;1-2-6-3(4)5/h5-6H,1-4H2;2H2,1H3,(H,4,5). The number of rotatable bonds is 5. The lowest BCUT2D eigenvalue weighted by atomic mass is 10.7. The number of aliphatic hydroxyl groups excluding tert-OH is 2. The van der Waals surface area contributed by atoms with Gasteiger partial charge in [-0.1, -0.05) is 0 Å². The average Bonchev–Trinajstić information content (AvgIpc) is 2.06. The third-order valence-electron chi connectivity index (χ3n) is 0.739. The van der Waals surface area contributed by atoms with Crippen LogP contribution in [0.3, 0.4) is 0 Å². The van der Waals surface area contributed by atoms with Gasteiger partial charge >= 0.3 is 6.16 Å². The second-order valence-corrected chi connectivity index (χ2v) is 1.76. The zero-order valence-corrected chi connectivity index (χ0v) is 7.60. The molecule has 6 nitrogen and oxygen atoms in total. The Morgan fingerprint density at radius 1 is 1.23 bits per heavy atom. The van der Waals surface area contributed by atoms with Crippen LogP contribution in [0.2, 0.25) is 0 Å². The normalized spacial score (nSPS) is 8.54. The summed E-state index contributed by atoms with van der Waals surface area (Å²) in [6, 6.07) is 0. The topological polar surface area (TPSA) is 96.2 Å². The van der Waals surface area contributed by atoms with Gasteiger partial charge in [0, 0.05) is 0 Å². The summed E-state index contributed by atoms with van der Waals surface area (Å²) in [7, 11) is 0. The number of carbonyl (C=O) groups is 1. The Morgan fingerprint density at radius 2 is 1.69 bits per heavy atom. The van der Waals surface area contributed by atoms with E-state index in [4.69, 9.17) is 15.3 Å². The molecule has 0 radical (unpaired) electrons. The minimum Gasteiger partial charge on any atom is -0.450 e. The number of hydrogen-bond donors (Lipinski definition) is 3. The summed E-state index contributed by atoms with van der Waals surface area (Å²) in [5, 5.41) is 23.9. The van der Waals surface area contributed by atoms with Crippen LogP contribution in [0.5, 0.6) is 0 Å². The molecule has 13 heavy (non-hydrogen) atoms. The Labute approximate surface area is 76.7 Å². The Balaban J connectivity index is 0. The van der Waals surface area contributed by atoms with Crippen molar-refractivity contribution in [3.63, 3.8) is 0 Å². The highest BCUT2D eigenvalue weighted by Gasteiger charge is 1.86. The third kappa shape index (κ3) is 24.7. The molecule has 0 rings (SSSR count). The van der Waals surface area contributed by atoms with Gasteiger partial charge < -0.3 is 24.8 Å². The first-order valence-electron chi connectivity index (χ1n) is 3.84. The molecule has 0 unspecified atom stereocenters. The SMILES string of the molecule is CCOC(=O)O.OCCOCCO. The van der Waals surface area contributed by atoms with Crippen molar-refractivity contribution in [3.05, 3.63) is 0 Å². The van der Waals surface area contributed by atoms with Crippen molar-refractivity contribution in [2.45, 2.75) is 6.92 Å². The van der Waals surface area contributed by atoms with Gasteiger partial charge in [-0.15, -0.1) is 0 Å². The van der Waals surface area contributed by atoms with E-state index >= 15 is 0 Å². The summed E-state index contributed by atoms with van der Waals surface area (Å²) in [6.07, 6.45) is -1.21. The molecule has 0 atom stereocenters. The Hall–Kier alpha value is -0.850. The van der Waals surface area contributed by atoms with Gasteiger partial charge in [0.15, 0.2) is 0 Å². The quantitative estimate of drug-likeness (QED) is 0.412. The van der Waals surface area contributed by atoms with Crippen molar-refractivity contribution in [2.24, 2.45) is 0 Å². The van der Waals surface area contributed by atoms with E-state index in [0.29, 0.717) is 13.2 Å². The molecule has 0 aliphatic rings. The molecule has 3 N–H and O–H groups in total. The summed E-state index contributed by atoms with van der Waals surface area (Å²) in [5.74, 6) is 0. The van der Waals surface area contributed by atoms with Crippen molar-refractivity contribution in [3.8, 4) is 0 Å². The van der Waals surface area contributed by atoms with Crippen LogP contribution in [-0.2, 0) is 9.47 Å². The van der Waals surface area contributed by atoms with Crippen LogP contribution in [0.1, 0.15) is 6.92 Å². The van der Waals surface area contributed by atoms with E-state index in [0.717, 1.165) is 0 Å². The molecule has 0 saturated heterocycles. The molecule has 0 heterocycles. The van der Waals surface area contributed by atoms with Crippen LogP contribution < -0.4 is 0 Å². The molecule has 0 fully saturated rings. The largest absolute Gasteiger partial charge is 0.505 e. The Kier molecular flexibility index (Phi) is 15.5. The van der Waals surface area contributed by atoms with Crippen LogP contribution in [0.15, 0.2) is 0 Å². The van der Waals surface area contributed by atoms with Crippen LogP contribution in [0.4, 0.5) is 4.79 Å². The molecule has 0 aliphatic carbocycles. The Morgan fingerprint density at radius 3 is 1.85 bits per heavy atom. The van der Waals surface area contributed by atoms with E-state index in [1.807, 2.05) is 0 Å². The van der Waals surface area contributed by atoms with Crippen LogP contribution in [0.25, 0.3) is 0 Å². The van der Waals surface area contributed by atoms with Crippen molar-refractivity contribution in [2.75, 3.05) is 33.0 Å². The third-order valence-corrected chi connectivity index (χ3v) is 0.739. The zero-order valence-electron chi connectivity index (χ0n) is 7.60. The smallest absolute Gasteiger partial charge is 0.450 e. The molecular weight excluding hydrogens is 180 g/mol. The first-order valence-corrected chi connectivity index (χ1v) is 3.84. The van der Waals surface area contributed by atoms with Gasteiger partial charge in [0.25, 0.3) is 0 Å². The molecular formula is C7H16O6. The van der Waals surface area contributed by atoms with E-state index in [1.54, 1.807) is 6.92 Å². The molecule has 0 bridgehead atoms. The molecule has 80 valence electrons. The molecule has 0 aliphatic heterocycles. The van der Waals surface area contributed by atoms with Gasteiger partial charge in [-0.05, 0) is 6.92 Å². The highest BCUT2D eigenvalue weighted by Crippen LogP contribution is 1.69. The van der Waals surface area contributed by atoms with Gasteiger partial charge in [0.2, 0.25) is 0 Å². The van der Waals surface area contributed by atoms with Gasteiger partial charge in [0.1, 0.15) is 0 Å². The van der Waals surface area contributed by atoms with Crippen molar-refractivity contribution >= 4 is 6.16 Å². The first kappa shape index (κ1) is 14.7. The molecule has 0 aromatic carbocycles. The fourth-order valence-electron chi connectivity index (χ4n) is 0.355. The van der Waals surface area contributed by atoms with E-state index in [-0.39, 0.29) is 19.8 Å². The number of carboxylic acid groups (broad SMARTS) is 1. The van der Waals surface area contributed by atoms with E-state index in [1.165, 1.54) is 0 Å². The van der Waals surface area contributed by atoms with Crippen molar-refractivity contribution in [1.29, 1.82) is 0 Å². The average molecular weight is 196 g/mol. The van der Waals surface area contributed by atoms with Crippen LogP contribution in [-0.4, -0.2) is 54.5 Å². The summed E-state index contributed by atoms with van der Waals surface area (Å²) >= 11 is 0. The van der Waals surface area contributed by atoms with Crippen LogP contribution in [0, 0.1) is 0 Å². The summed E-state index contributed by atoms with van der Waals surface area (Å²) in [6.45, 7) is 2.55. The fourth-order valence-corrected chi connectivity index (χ4v) is 0.355. The number of aliphatic hydroxyl groups is 2.